The molecule has 1 unspecified atom stereocenters. The number of benzene rings is 1. The minimum Gasteiger partial charge on any atom is -0.481 e. The van der Waals surface area contributed by atoms with Crippen molar-refractivity contribution in [2.75, 3.05) is 30.9 Å². The molecule has 14 heteroatoms. The fourth-order valence-electron chi connectivity index (χ4n) is 5.83. The number of nitrogen functional groups attached to an aromatic ring is 1. The van der Waals surface area contributed by atoms with Gasteiger partial charge in [-0.2, -0.15) is 0 Å². The maximum atomic E-state index is 13.4. The number of hydrogen-bond donors (Lipinski definition) is 5. The SMILES string of the molecule is C=C/C(=C\C(NS(=O)(=O)C1CCCCC1)=C(/N)OC)c1cc(NN)c(C=C)c(NC(=O)c2csc(CN3CC(C)O[C@@H](C)C3)n2)c1. The minimum atomic E-state index is -3.73. The highest BCUT2D eigenvalue weighted by molar-refractivity contribution is 7.90. The van der Waals surface area contributed by atoms with E-state index in [2.05, 4.69) is 38.5 Å². The van der Waals surface area contributed by atoms with Gasteiger partial charge in [-0.15, -0.1) is 11.3 Å². The van der Waals surface area contributed by atoms with Crippen LogP contribution in [-0.4, -0.2) is 61.9 Å². The number of anilines is 2. The molecule has 2 fully saturated rings. The molecule has 2 heterocycles. The van der Waals surface area contributed by atoms with E-state index in [-0.39, 0.29) is 29.5 Å². The molecule has 1 aliphatic heterocycles. The lowest BCUT2D eigenvalue weighted by molar-refractivity contribution is -0.0705. The molecule has 250 valence electrons. The second kappa shape index (κ2) is 15.7. The van der Waals surface area contributed by atoms with Crippen LogP contribution in [0.2, 0.25) is 0 Å². The number of rotatable bonds is 13. The van der Waals surface area contributed by atoms with E-state index in [1.54, 1.807) is 35.7 Å². The summed E-state index contributed by atoms with van der Waals surface area (Å²) in [5, 5.41) is 4.99. The molecule has 1 aromatic carbocycles. The highest BCUT2D eigenvalue weighted by Gasteiger charge is 2.29. The molecule has 0 spiro atoms. The van der Waals surface area contributed by atoms with Gasteiger partial charge in [0.05, 0.1) is 42.5 Å². The van der Waals surface area contributed by atoms with E-state index < -0.39 is 21.2 Å². The number of thiazole rings is 1. The van der Waals surface area contributed by atoms with Crippen LogP contribution in [0.25, 0.3) is 11.6 Å². The average molecular weight is 672 g/mol. The van der Waals surface area contributed by atoms with Crippen molar-refractivity contribution < 1.29 is 22.7 Å². The van der Waals surface area contributed by atoms with Gasteiger partial charge in [0.25, 0.3) is 5.91 Å². The number of nitrogens with one attached hydrogen (secondary N) is 3. The molecule has 1 saturated carbocycles. The second-order valence-corrected chi connectivity index (χ2v) is 14.5. The first-order valence-electron chi connectivity index (χ1n) is 15.3. The Hall–Kier alpha value is -3.69. The number of ether oxygens (including phenoxy) is 2. The molecule has 0 radical (unpaired) electrons. The molecule has 12 nitrogen and oxygen atoms in total. The van der Waals surface area contributed by atoms with Crippen molar-refractivity contribution in [2.24, 2.45) is 11.6 Å². The van der Waals surface area contributed by atoms with Crippen LogP contribution in [-0.2, 0) is 26.0 Å². The largest absolute Gasteiger partial charge is 0.481 e. The Morgan fingerprint density at radius 3 is 2.46 bits per heavy atom. The number of methoxy groups -OCH3 is 1. The Balaban J connectivity index is 1.62. The standard InChI is InChI=1S/C32H45N7O5S2/c1-6-22(13-28(31(33)43-5)38-46(41,42)24-11-9-8-10-12-24)23-14-26(25(7-2)27(15-23)37-34)36-32(40)29-19-45-30(35-29)18-39-16-20(3)44-21(4)17-39/h6-7,13-15,19-21,24,37-38H,1-2,8-12,16-18,33-34H2,3-5H3,(H,36,40)/b22-13+,31-28-/t20-,21?/m0/s1. The van der Waals surface area contributed by atoms with Crippen molar-refractivity contribution in [3.63, 3.8) is 0 Å². The lowest BCUT2D eigenvalue weighted by Gasteiger charge is -2.34. The number of nitrogens with two attached hydrogens (primary N) is 2. The van der Waals surface area contributed by atoms with Gasteiger partial charge in [-0.25, -0.2) is 13.4 Å². The number of carbonyl (C=O) groups is 1. The van der Waals surface area contributed by atoms with Crippen LogP contribution in [0.1, 0.15) is 72.6 Å². The third-order valence-corrected chi connectivity index (χ3v) is 10.7. The lowest BCUT2D eigenvalue weighted by Crippen LogP contribution is -2.44. The van der Waals surface area contributed by atoms with Crippen LogP contribution >= 0.6 is 11.3 Å². The second-order valence-electron chi connectivity index (χ2n) is 11.6. The summed E-state index contributed by atoms with van der Waals surface area (Å²) in [5.41, 5.74) is 11.6. The number of aromatic nitrogens is 1. The Morgan fingerprint density at radius 1 is 1.17 bits per heavy atom. The third-order valence-electron chi connectivity index (χ3n) is 8.01. The molecule has 1 saturated heterocycles. The first-order valence-corrected chi connectivity index (χ1v) is 17.7. The third kappa shape index (κ3) is 8.76. The highest BCUT2D eigenvalue weighted by Crippen LogP contribution is 2.33. The Labute approximate surface area is 275 Å². The Bertz CT molecular complexity index is 1590. The topological polar surface area (TPSA) is 174 Å². The number of carbonyl (C=O) groups excluding carboxylic acids is 1. The van der Waals surface area contributed by atoms with Gasteiger partial charge in [-0.3, -0.25) is 20.3 Å². The maximum absolute atomic E-state index is 13.4. The van der Waals surface area contributed by atoms with Crippen molar-refractivity contribution >= 4 is 50.3 Å². The van der Waals surface area contributed by atoms with Crippen LogP contribution in [0.15, 0.2) is 54.4 Å². The van der Waals surface area contributed by atoms with Gasteiger partial charge >= 0.3 is 0 Å². The van der Waals surface area contributed by atoms with Gasteiger partial charge in [-0.05, 0) is 56.0 Å². The Morgan fingerprint density at radius 2 is 1.85 bits per heavy atom. The van der Waals surface area contributed by atoms with Crippen molar-refractivity contribution in [3.05, 3.63) is 76.2 Å². The summed E-state index contributed by atoms with van der Waals surface area (Å²) in [6.45, 7) is 14.1. The molecule has 1 amide bonds. The van der Waals surface area contributed by atoms with Gasteiger partial charge in [-0.1, -0.05) is 44.6 Å². The number of amides is 1. The molecular weight excluding hydrogens is 627 g/mol. The molecule has 46 heavy (non-hydrogen) atoms. The number of hydrazine groups is 1. The van der Waals surface area contributed by atoms with E-state index in [0.717, 1.165) is 37.4 Å². The molecule has 1 aliphatic carbocycles. The van der Waals surface area contributed by atoms with Crippen molar-refractivity contribution in [3.8, 4) is 0 Å². The van der Waals surface area contributed by atoms with Crippen LogP contribution in [0.3, 0.4) is 0 Å². The highest BCUT2D eigenvalue weighted by atomic mass is 32.2. The number of hydrogen-bond acceptors (Lipinski definition) is 11. The van der Waals surface area contributed by atoms with Gasteiger partial charge in [0.2, 0.25) is 15.9 Å². The van der Waals surface area contributed by atoms with Gasteiger partial charge < -0.3 is 25.9 Å². The van der Waals surface area contributed by atoms with Crippen molar-refractivity contribution in [1.82, 2.24) is 14.6 Å². The van der Waals surface area contributed by atoms with E-state index in [9.17, 15) is 13.2 Å². The molecule has 1 aromatic heterocycles. The Kier molecular flexibility index (Phi) is 12.0. The van der Waals surface area contributed by atoms with E-state index >= 15 is 0 Å². The van der Waals surface area contributed by atoms with Crippen molar-refractivity contribution in [2.45, 2.75) is 70.0 Å². The average Bonchev–Trinajstić information content (AvgIpc) is 3.50. The monoisotopic (exact) mass is 671 g/mol. The molecular formula is C32H45N7O5S2. The maximum Gasteiger partial charge on any atom is 0.275 e. The van der Waals surface area contributed by atoms with E-state index in [4.69, 9.17) is 21.1 Å². The van der Waals surface area contributed by atoms with Crippen molar-refractivity contribution in [1.29, 1.82) is 0 Å². The van der Waals surface area contributed by atoms with Crippen LogP contribution < -0.4 is 27.0 Å². The summed E-state index contributed by atoms with van der Waals surface area (Å²) in [6, 6.07) is 3.46. The number of allylic oxidation sites excluding steroid dienone is 3. The van der Waals surface area contributed by atoms with Crippen LogP contribution in [0, 0.1) is 0 Å². The van der Waals surface area contributed by atoms with E-state index in [0.29, 0.717) is 47.5 Å². The summed E-state index contributed by atoms with van der Waals surface area (Å²) in [6.07, 6.45) is 8.81. The fraction of sp³-hybridized carbons (Fsp3) is 0.438. The lowest BCUT2D eigenvalue weighted by atomic mass is 9.99. The molecule has 2 aliphatic rings. The molecule has 4 rings (SSSR count). The molecule has 7 N–H and O–H groups in total. The van der Waals surface area contributed by atoms with Gasteiger partial charge in [0.1, 0.15) is 16.4 Å². The van der Waals surface area contributed by atoms with Gasteiger partial charge in [0.15, 0.2) is 0 Å². The van der Waals surface area contributed by atoms with E-state index in [1.165, 1.54) is 18.4 Å². The van der Waals surface area contributed by atoms with Crippen LogP contribution in [0.5, 0.6) is 0 Å². The number of sulfonamides is 1. The summed E-state index contributed by atoms with van der Waals surface area (Å²) in [5.74, 6) is 5.37. The predicted molar refractivity (Wildman–Crippen MR) is 185 cm³/mol. The summed E-state index contributed by atoms with van der Waals surface area (Å²) in [7, 11) is -2.37. The summed E-state index contributed by atoms with van der Waals surface area (Å²) in [4.78, 5) is 20.3. The molecule has 0 bridgehead atoms. The predicted octanol–water partition coefficient (Wildman–Crippen LogP) is 4.53. The summed E-state index contributed by atoms with van der Waals surface area (Å²) < 4.78 is 40.2. The van der Waals surface area contributed by atoms with E-state index in [1.807, 2.05) is 13.8 Å². The quantitative estimate of drug-likeness (QED) is 0.0881. The molecule has 2 atom stereocenters. The number of nitrogens with zero attached hydrogens (tertiary/aromatic N) is 2. The van der Waals surface area contributed by atoms with Gasteiger partial charge in [0, 0.05) is 24.0 Å². The zero-order chi connectivity index (χ0) is 33.4. The zero-order valence-electron chi connectivity index (χ0n) is 26.7. The smallest absolute Gasteiger partial charge is 0.275 e. The fourth-order valence-corrected chi connectivity index (χ4v) is 8.23. The van der Waals surface area contributed by atoms with Crippen LogP contribution in [0.4, 0.5) is 11.4 Å². The molecule has 2 aromatic rings. The zero-order valence-corrected chi connectivity index (χ0v) is 28.3. The summed E-state index contributed by atoms with van der Waals surface area (Å²) >= 11 is 1.43. The minimum absolute atomic E-state index is 0.0719. The number of morpholine rings is 1. The first kappa shape index (κ1) is 35.2. The normalized spacial score (nSPS) is 20.4. The first-order chi connectivity index (χ1) is 22.0.